The molecule has 10 N–H and O–H groups in total. The van der Waals surface area contributed by atoms with Gasteiger partial charge in [-0.15, -0.1) is 0 Å². The molecule has 30 nitrogen and oxygen atoms in total. The summed E-state index contributed by atoms with van der Waals surface area (Å²) in [6.45, 7) is 32.0. The molecule has 128 heavy (non-hydrogen) atoms. The van der Waals surface area contributed by atoms with E-state index < -0.39 is 318 Å². The Morgan fingerprint density at radius 2 is 0.398 bits per heavy atom. The summed E-state index contributed by atoms with van der Waals surface area (Å²) >= 11 is 0. The smallest absolute Gasteiger partial charge is 0.398 e. The number of fused-ring (bicyclic) bond motifs is 1. The molecular formula is C95H155F3O30. The van der Waals surface area contributed by atoms with Crippen LogP contribution in [0.25, 0.3) is 10.8 Å². The lowest BCUT2D eigenvalue weighted by molar-refractivity contribution is -0.208. The van der Waals surface area contributed by atoms with Crippen molar-refractivity contribution in [1.82, 2.24) is 0 Å². The molecule has 0 amide bonds. The Labute approximate surface area is 754 Å². The average molecular weight is 1830 g/mol. The van der Waals surface area contributed by atoms with Crippen LogP contribution in [-0.2, 0) is 101 Å². The summed E-state index contributed by atoms with van der Waals surface area (Å²) in [5.41, 5.74) is -46.0. The zero-order chi connectivity index (χ0) is 100. The summed E-state index contributed by atoms with van der Waals surface area (Å²) in [6.07, 6.45) is -16.0. The molecule has 0 radical (unpaired) electrons. The largest absolute Gasteiger partial charge is 0.462 e. The first-order valence-electron chi connectivity index (χ1n) is 43.3. The number of halogens is 3. The molecule has 10 atom stereocenters. The Hall–Kier alpha value is -7.21. The van der Waals surface area contributed by atoms with E-state index in [2.05, 4.69) is 0 Å². The maximum Gasteiger partial charge on any atom is 0.398 e. The van der Waals surface area contributed by atoms with Crippen molar-refractivity contribution in [3.8, 4) is 0 Å². The van der Waals surface area contributed by atoms with Gasteiger partial charge in [-0.05, 0) is 302 Å². The second kappa shape index (κ2) is 41.5. The van der Waals surface area contributed by atoms with Crippen molar-refractivity contribution in [1.29, 1.82) is 0 Å². The summed E-state index contributed by atoms with van der Waals surface area (Å²) in [7, 11) is 0. The van der Waals surface area contributed by atoms with Crippen molar-refractivity contribution in [2.75, 3.05) is 66.1 Å². The maximum atomic E-state index is 16.9. The van der Waals surface area contributed by atoms with E-state index in [1.54, 1.807) is 24.3 Å². The lowest BCUT2D eigenvalue weighted by Crippen LogP contribution is -2.53. The minimum Gasteiger partial charge on any atom is -0.462 e. The summed E-state index contributed by atoms with van der Waals surface area (Å²) in [5.74, 6) is -13.0. The Morgan fingerprint density at radius 1 is 0.234 bits per heavy atom. The number of carbonyl (C=O) groups excluding carboxylic acids is 10. The van der Waals surface area contributed by atoms with Crippen molar-refractivity contribution in [3.63, 3.8) is 0 Å². The van der Waals surface area contributed by atoms with Crippen LogP contribution in [0.3, 0.4) is 0 Å². The fourth-order valence-electron chi connectivity index (χ4n) is 17.0. The third-order valence-corrected chi connectivity index (χ3v) is 21.8. The number of benzene rings is 2. The van der Waals surface area contributed by atoms with Crippen LogP contribution in [0, 0.1) is 54.1 Å². The van der Waals surface area contributed by atoms with Crippen molar-refractivity contribution in [2.45, 2.75) is 360 Å². The van der Waals surface area contributed by atoms with Crippen molar-refractivity contribution < 1.29 is 160 Å². The van der Waals surface area contributed by atoms with Crippen LogP contribution < -0.4 is 0 Å². The Bertz CT molecular complexity index is 4140. The highest BCUT2D eigenvalue weighted by molar-refractivity contribution is 5.89. The van der Waals surface area contributed by atoms with Crippen LogP contribution in [0.15, 0.2) is 42.5 Å². The molecule has 0 bridgehead atoms. The summed E-state index contributed by atoms with van der Waals surface area (Å²) in [6, 6.07) is 10.6. The van der Waals surface area contributed by atoms with Gasteiger partial charge < -0.3 is 98.4 Å². The first-order chi connectivity index (χ1) is 56.7. The highest BCUT2D eigenvalue weighted by Crippen LogP contribution is 2.60. The number of alkyl halides is 3. The van der Waals surface area contributed by atoms with Crippen molar-refractivity contribution in [3.05, 3.63) is 48.0 Å². The molecular weight excluding hydrogens is 1680 g/mol. The number of rotatable bonds is 52. The Balaban J connectivity index is 3.77. The minimum absolute atomic E-state index is 0.328. The van der Waals surface area contributed by atoms with Gasteiger partial charge in [-0.2, -0.15) is 13.2 Å². The molecule has 0 heterocycles. The van der Waals surface area contributed by atoms with Crippen LogP contribution in [0.4, 0.5) is 13.2 Å². The zero-order valence-electron chi connectivity index (χ0n) is 82.2. The third-order valence-electron chi connectivity index (χ3n) is 21.8. The predicted octanol–water partition coefficient (Wildman–Crippen LogP) is 12.2. The third kappa shape index (κ3) is 37.1. The van der Waals surface area contributed by atoms with E-state index in [1.807, 2.05) is 0 Å². The molecule has 736 valence electrons. The SMILES string of the molecule is CCC(CC(C)(CC(C)(CC(C)(CC(C)(CC(C)(CC(C)(CC(C)(CC(C)(CC(C)(CC(C)(C)C(=O)OCC(C)(C)O)C(=O)OCC(C)(C)O)C(=O)OCC(C)(C)O)C(=O)OCC(C)(C)O)C(=O)OCC(C)(C)O)C(=O)OCC(C)(C)O)C(=O)OCC(C)(C)O)C(=O)OCC(C)(C)O)C(=O)OCC(C)(C)O)C(=O)OCC(C)(C)O)(c1ccc2ccccc2c1)C(F)(F)F. The number of ether oxygens (including phenoxy) is 10. The molecule has 33 heteroatoms. The maximum absolute atomic E-state index is 16.9. The van der Waals surface area contributed by atoms with E-state index in [0.29, 0.717) is 10.8 Å². The molecule has 0 aliphatic carbocycles. The van der Waals surface area contributed by atoms with Gasteiger partial charge in [0.1, 0.15) is 66.1 Å². The molecule has 2 aromatic rings. The van der Waals surface area contributed by atoms with E-state index in [1.165, 1.54) is 205 Å². The number of aliphatic hydroxyl groups is 10. The number of hydrogen-bond acceptors (Lipinski definition) is 30. The van der Waals surface area contributed by atoms with Gasteiger partial charge in [0, 0.05) is 0 Å². The normalized spacial score (nSPS) is 18.1. The molecule has 0 aromatic heterocycles. The van der Waals surface area contributed by atoms with Gasteiger partial charge in [-0.3, -0.25) is 47.9 Å². The van der Waals surface area contributed by atoms with Gasteiger partial charge in [0.2, 0.25) is 0 Å². The van der Waals surface area contributed by atoms with E-state index in [-0.39, 0.29) is 5.56 Å². The number of esters is 10. The first kappa shape index (κ1) is 117. The van der Waals surface area contributed by atoms with Gasteiger partial charge in [0.15, 0.2) is 0 Å². The van der Waals surface area contributed by atoms with Gasteiger partial charge in [0.05, 0.1) is 116 Å². The van der Waals surface area contributed by atoms with Crippen LogP contribution >= 0.6 is 0 Å². The lowest BCUT2D eigenvalue weighted by Gasteiger charge is -2.48. The Morgan fingerprint density at radius 3 is 0.570 bits per heavy atom. The fourth-order valence-corrected chi connectivity index (χ4v) is 17.0. The van der Waals surface area contributed by atoms with E-state index >= 15 is 56.3 Å². The van der Waals surface area contributed by atoms with Crippen LogP contribution in [0.2, 0.25) is 0 Å². The second-order valence-electron chi connectivity index (χ2n) is 46.1. The van der Waals surface area contributed by atoms with Gasteiger partial charge in [0.25, 0.3) is 0 Å². The average Bonchev–Trinajstić information content (AvgIpc) is 0.545. The molecule has 0 fully saturated rings. The van der Waals surface area contributed by atoms with Gasteiger partial charge in [-0.1, -0.05) is 49.4 Å². The van der Waals surface area contributed by atoms with Crippen molar-refractivity contribution >= 4 is 70.5 Å². The topological polar surface area (TPSA) is 465 Å². The molecule has 0 spiro atoms. The molecule has 0 aliphatic heterocycles. The highest BCUT2D eigenvalue weighted by Gasteiger charge is 2.65. The summed E-state index contributed by atoms with van der Waals surface area (Å²) in [4.78, 5) is 157. The van der Waals surface area contributed by atoms with Crippen molar-refractivity contribution in [2.24, 2.45) is 54.1 Å². The summed E-state index contributed by atoms with van der Waals surface area (Å²) < 4.78 is 110. The van der Waals surface area contributed by atoms with Crippen LogP contribution in [0.1, 0.15) is 298 Å². The molecule has 2 aromatic carbocycles. The van der Waals surface area contributed by atoms with Gasteiger partial charge >= 0.3 is 65.9 Å². The molecule has 0 saturated heterocycles. The van der Waals surface area contributed by atoms with E-state index in [9.17, 15) is 55.9 Å². The first-order valence-corrected chi connectivity index (χ1v) is 43.3. The zero-order valence-corrected chi connectivity index (χ0v) is 82.2. The lowest BCUT2D eigenvalue weighted by atomic mass is 9.55. The van der Waals surface area contributed by atoms with Crippen LogP contribution in [0.5, 0.6) is 0 Å². The quantitative estimate of drug-likeness (QED) is 0.0217. The van der Waals surface area contributed by atoms with Crippen LogP contribution in [-0.4, -0.2) is 239 Å². The molecule has 10 unspecified atom stereocenters. The number of carbonyl (C=O) groups is 10. The second-order valence-corrected chi connectivity index (χ2v) is 46.1. The standard InChI is InChI=1S/C95H155F3O30/c1-33-94(95(96,97)98,63-39-38-61-36-34-35-37-62(61)40-63)50-93(32,73(108)128-60-84(22,23)118)49-92(31,72(107)127-59-83(20,21)117)48-91(30,71(106)126-58-82(18,19)116)47-90(29,70(105)125-57-81(16,17)115)46-89(28,69(104)124-56-80(14,15)114)45-88(27,68(103)123-55-79(12,13)113)44-87(26,67(102)122-54-78(10,11)112)43-86(25,66(101)121-53-77(8,9)111)42-85(24,65(100)120-52-76(6,7)110)41-74(2,3)64(99)119-51-75(4,5)109/h34-40,109-118H,33,41-60H2,1-32H3. The van der Waals surface area contributed by atoms with E-state index in [0.717, 1.165) is 34.6 Å². The fraction of sp³-hybridized carbons (Fsp3) is 0.789. The molecule has 0 saturated carbocycles. The highest BCUT2D eigenvalue weighted by atomic mass is 19.4. The van der Waals surface area contributed by atoms with E-state index in [4.69, 9.17) is 47.4 Å². The molecule has 0 aliphatic rings. The van der Waals surface area contributed by atoms with Gasteiger partial charge in [-0.25, -0.2) is 0 Å². The Kier molecular flexibility index (Phi) is 37.9. The monoisotopic (exact) mass is 1830 g/mol. The molecule has 2 rings (SSSR count). The minimum atomic E-state index is -5.24. The summed E-state index contributed by atoms with van der Waals surface area (Å²) in [5, 5.41) is 113. The number of hydrogen-bond donors (Lipinski definition) is 10. The predicted molar refractivity (Wildman–Crippen MR) is 467 cm³/mol.